The number of imidazole rings is 1. The van der Waals surface area contributed by atoms with Crippen molar-refractivity contribution in [3.63, 3.8) is 0 Å². The number of hydrogen-bond donors (Lipinski definition) is 1. The van der Waals surface area contributed by atoms with Gasteiger partial charge in [-0.3, -0.25) is 4.98 Å². The first-order valence-corrected chi connectivity index (χ1v) is 7.89. The number of nitrogens with one attached hydrogen (secondary N) is 1. The van der Waals surface area contributed by atoms with Crippen LogP contribution in [0.15, 0.2) is 67.4 Å². The molecule has 4 rings (SSSR count). The van der Waals surface area contributed by atoms with Crippen molar-refractivity contribution in [1.29, 1.82) is 0 Å². The van der Waals surface area contributed by atoms with E-state index in [2.05, 4.69) is 24.8 Å². The molecule has 6 heteroatoms. The van der Waals surface area contributed by atoms with Crippen LogP contribution in [0, 0.1) is 0 Å². The van der Waals surface area contributed by atoms with Gasteiger partial charge in [0.25, 0.3) is 0 Å². The van der Waals surface area contributed by atoms with Crippen LogP contribution in [0.5, 0.6) is 0 Å². The molecule has 0 amide bonds. The Hall–Kier alpha value is -2.92. The monoisotopic (exact) mass is 335 g/mol. The minimum atomic E-state index is 0.656. The van der Waals surface area contributed by atoms with Gasteiger partial charge in [0, 0.05) is 18.5 Å². The molecule has 0 spiro atoms. The van der Waals surface area contributed by atoms with Crippen molar-refractivity contribution >= 4 is 34.1 Å². The third-order valence-corrected chi connectivity index (χ3v) is 4.05. The lowest BCUT2D eigenvalue weighted by molar-refractivity contribution is 0.819. The molecular formula is C18H14ClN5. The van der Waals surface area contributed by atoms with Crippen molar-refractivity contribution < 1.29 is 0 Å². The molecule has 0 aliphatic heterocycles. The largest absolute Gasteiger partial charge is 0.339 e. The lowest BCUT2D eigenvalue weighted by Gasteiger charge is -2.08. The number of halogens is 1. The molecule has 3 heterocycles. The van der Waals surface area contributed by atoms with Gasteiger partial charge in [0.15, 0.2) is 0 Å². The van der Waals surface area contributed by atoms with E-state index in [0.29, 0.717) is 11.6 Å². The third-order valence-electron chi connectivity index (χ3n) is 3.72. The van der Waals surface area contributed by atoms with Crippen LogP contribution in [0.1, 0.15) is 5.56 Å². The van der Waals surface area contributed by atoms with Gasteiger partial charge < -0.3 is 9.88 Å². The topological polar surface area (TPSA) is 55.6 Å². The van der Waals surface area contributed by atoms with Crippen molar-refractivity contribution in [3.05, 3.63) is 78.0 Å². The second-order valence-corrected chi connectivity index (χ2v) is 5.80. The molecule has 0 saturated heterocycles. The molecular weight excluding hydrogens is 322 g/mol. The van der Waals surface area contributed by atoms with Crippen LogP contribution >= 0.6 is 11.6 Å². The van der Waals surface area contributed by atoms with E-state index in [1.165, 1.54) is 0 Å². The Balaban J connectivity index is 1.67. The molecule has 4 aromatic rings. The van der Waals surface area contributed by atoms with E-state index in [-0.39, 0.29) is 0 Å². The Bertz CT molecular complexity index is 981. The molecule has 5 nitrogen and oxygen atoms in total. The molecule has 3 aromatic heterocycles. The van der Waals surface area contributed by atoms with Crippen molar-refractivity contribution in [2.45, 2.75) is 6.54 Å². The quantitative estimate of drug-likeness (QED) is 0.605. The summed E-state index contributed by atoms with van der Waals surface area (Å²) in [7, 11) is 0. The molecule has 0 saturated carbocycles. The number of rotatable bonds is 4. The second kappa shape index (κ2) is 6.29. The van der Waals surface area contributed by atoms with Gasteiger partial charge in [0.1, 0.15) is 11.3 Å². The van der Waals surface area contributed by atoms with Gasteiger partial charge in [-0.1, -0.05) is 29.8 Å². The molecule has 0 aliphatic rings. The minimum Gasteiger partial charge on any atom is -0.339 e. The van der Waals surface area contributed by atoms with Crippen LogP contribution in [0.4, 0.5) is 11.5 Å². The average molecular weight is 336 g/mol. The van der Waals surface area contributed by atoms with E-state index < -0.39 is 0 Å². The van der Waals surface area contributed by atoms with E-state index in [1.807, 2.05) is 55.0 Å². The van der Waals surface area contributed by atoms with E-state index in [0.717, 1.165) is 28.1 Å². The third kappa shape index (κ3) is 2.94. The van der Waals surface area contributed by atoms with Gasteiger partial charge >= 0.3 is 0 Å². The zero-order chi connectivity index (χ0) is 16.4. The minimum absolute atomic E-state index is 0.656. The van der Waals surface area contributed by atoms with E-state index in [1.54, 1.807) is 12.4 Å². The maximum atomic E-state index is 6.20. The standard InChI is InChI=1S/C18H14ClN5/c19-14-5-1-2-6-15(14)23-18-8-17-16(10-21-18)22-12-24(17)11-13-4-3-7-20-9-13/h1-10,12H,11H2,(H,21,23). The highest BCUT2D eigenvalue weighted by molar-refractivity contribution is 6.33. The first kappa shape index (κ1) is 14.7. The fourth-order valence-electron chi connectivity index (χ4n) is 2.54. The molecule has 0 fully saturated rings. The van der Waals surface area contributed by atoms with E-state index in [4.69, 9.17) is 11.6 Å². The first-order valence-electron chi connectivity index (χ1n) is 7.51. The number of aromatic nitrogens is 4. The summed E-state index contributed by atoms with van der Waals surface area (Å²) < 4.78 is 2.08. The van der Waals surface area contributed by atoms with Crippen molar-refractivity contribution in [2.75, 3.05) is 5.32 Å². The molecule has 118 valence electrons. The number of hydrogen-bond acceptors (Lipinski definition) is 4. The Kier molecular flexibility index (Phi) is 3.84. The van der Waals surface area contributed by atoms with Crippen LogP contribution in [0.2, 0.25) is 5.02 Å². The molecule has 24 heavy (non-hydrogen) atoms. The Labute approximate surface area is 144 Å². The van der Waals surface area contributed by atoms with E-state index in [9.17, 15) is 0 Å². The number of fused-ring (bicyclic) bond motifs is 1. The average Bonchev–Trinajstić information content (AvgIpc) is 3.00. The normalized spacial score (nSPS) is 10.9. The summed E-state index contributed by atoms with van der Waals surface area (Å²) in [6.45, 7) is 0.708. The van der Waals surface area contributed by atoms with Crippen molar-refractivity contribution in [3.8, 4) is 0 Å². The van der Waals surface area contributed by atoms with Crippen LogP contribution in [-0.2, 0) is 6.54 Å². The Morgan fingerprint density at radius 3 is 2.79 bits per heavy atom. The SMILES string of the molecule is Clc1ccccc1Nc1cc2c(cn1)ncn2Cc1cccnc1. The summed E-state index contributed by atoms with van der Waals surface area (Å²) in [6.07, 6.45) is 7.20. The zero-order valence-electron chi connectivity index (χ0n) is 12.7. The summed E-state index contributed by atoms with van der Waals surface area (Å²) in [5.74, 6) is 0.725. The van der Waals surface area contributed by atoms with Crippen molar-refractivity contribution in [2.24, 2.45) is 0 Å². The number of pyridine rings is 2. The maximum Gasteiger partial charge on any atom is 0.132 e. The first-order chi connectivity index (χ1) is 11.8. The summed E-state index contributed by atoms with van der Waals surface area (Å²) in [6, 6.07) is 13.5. The Morgan fingerprint density at radius 2 is 1.96 bits per heavy atom. The molecule has 0 aliphatic carbocycles. The highest BCUT2D eigenvalue weighted by Crippen LogP contribution is 2.25. The number of nitrogens with zero attached hydrogens (tertiary/aromatic N) is 4. The van der Waals surface area contributed by atoms with Gasteiger partial charge in [-0.05, 0) is 23.8 Å². The van der Waals surface area contributed by atoms with Crippen LogP contribution in [0.3, 0.4) is 0 Å². The van der Waals surface area contributed by atoms with E-state index >= 15 is 0 Å². The predicted molar refractivity (Wildman–Crippen MR) is 95.6 cm³/mol. The van der Waals surface area contributed by atoms with Gasteiger partial charge in [-0.25, -0.2) is 9.97 Å². The van der Waals surface area contributed by atoms with Gasteiger partial charge in [-0.15, -0.1) is 0 Å². The molecule has 0 radical (unpaired) electrons. The number of anilines is 2. The summed E-state index contributed by atoms with van der Waals surface area (Å²) in [4.78, 5) is 13.0. The predicted octanol–water partition coefficient (Wildman–Crippen LogP) is 4.27. The van der Waals surface area contributed by atoms with Crippen molar-refractivity contribution in [1.82, 2.24) is 19.5 Å². The Morgan fingerprint density at radius 1 is 1.04 bits per heavy atom. The number of para-hydroxylation sites is 1. The highest BCUT2D eigenvalue weighted by atomic mass is 35.5. The number of benzene rings is 1. The lowest BCUT2D eigenvalue weighted by Crippen LogP contribution is -1.99. The summed E-state index contributed by atoms with van der Waals surface area (Å²) >= 11 is 6.20. The smallest absolute Gasteiger partial charge is 0.132 e. The fraction of sp³-hybridized carbons (Fsp3) is 0.0556. The lowest BCUT2D eigenvalue weighted by atomic mass is 10.3. The summed E-state index contributed by atoms with van der Waals surface area (Å²) in [5, 5.41) is 3.90. The van der Waals surface area contributed by atoms with Gasteiger partial charge in [0.05, 0.1) is 35.3 Å². The maximum absolute atomic E-state index is 6.20. The van der Waals surface area contributed by atoms with Crippen LogP contribution in [0.25, 0.3) is 11.0 Å². The van der Waals surface area contributed by atoms with Crippen LogP contribution < -0.4 is 5.32 Å². The summed E-state index contributed by atoms with van der Waals surface area (Å²) in [5.41, 5.74) is 3.80. The zero-order valence-corrected chi connectivity index (χ0v) is 13.5. The van der Waals surface area contributed by atoms with Gasteiger partial charge in [0.2, 0.25) is 0 Å². The molecule has 0 atom stereocenters. The molecule has 1 N–H and O–H groups in total. The molecule has 0 bridgehead atoms. The van der Waals surface area contributed by atoms with Gasteiger partial charge in [-0.2, -0.15) is 0 Å². The highest BCUT2D eigenvalue weighted by Gasteiger charge is 2.07. The fourth-order valence-corrected chi connectivity index (χ4v) is 2.73. The second-order valence-electron chi connectivity index (χ2n) is 5.40. The molecule has 1 aromatic carbocycles. The van der Waals surface area contributed by atoms with Crippen LogP contribution in [-0.4, -0.2) is 19.5 Å². The molecule has 0 unspecified atom stereocenters.